The molecule has 0 aliphatic heterocycles. The second-order valence-corrected chi connectivity index (χ2v) is 6.28. The fourth-order valence-corrected chi connectivity index (χ4v) is 2.76. The summed E-state index contributed by atoms with van der Waals surface area (Å²) in [6.45, 7) is 5.14. The SMILES string of the molecule is CCO[C@@]1(C)C[C@H]1NC(=O)NCCc1cnc2c(Cl)cnn2c1. The van der Waals surface area contributed by atoms with Gasteiger partial charge in [0.25, 0.3) is 0 Å². The first kappa shape index (κ1) is 16.0. The van der Waals surface area contributed by atoms with Crippen molar-refractivity contribution in [2.24, 2.45) is 0 Å². The molecule has 0 spiro atoms. The standard InChI is InChI=1S/C15H20ClN5O2/c1-3-23-15(2)6-12(15)20-14(22)17-5-4-10-7-18-13-11(16)8-19-21(13)9-10/h7-9,12H,3-6H2,1-2H3,(H2,17,20,22)/t12-,15+/m1/s1. The van der Waals surface area contributed by atoms with Gasteiger partial charge in [-0.2, -0.15) is 5.10 Å². The van der Waals surface area contributed by atoms with Gasteiger partial charge in [0.2, 0.25) is 0 Å². The van der Waals surface area contributed by atoms with Gasteiger partial charge in [0, 0.05) is 32.0 Å². The zero-order valence-corrected chi connectivity index (χ0v) is 13.9. The van der Waals surface area contributed by atoms with E-state index in [2.05, 4.69) is 20.7 Å². The van der Waals surface area contributed by atoms with Crippen molar-refractivity contribution in [1.82, 2.24) is 25.2 Å². The van der Waals surface area contributed by atoms with Crippen molar-refractivity contribution in [2.45, 2.75) is 38.3 Å². The molecule has 0 saturated heterocycles. The Balaban J connectivity index is 1.44. The van der Waals surface area contributed by atoms with Crippen LogP contribution in [0.1, 0.15) is 25.8 Å². The number of fused-ring (bicyclic) bond motifs is 1. The van der Waals surface area contributed by atoms with Crippen LogP contribution in [-0.4, -0.2) is 45.4 Å². The first-order chi connectivity index (χ1) is 11.0. The number of halogens is 1. The van der Waals surface area contributed by atoms with Crippen LogP contribution in [0.5, 0.6) is 0 Å². The minimum absolute atomic E-state index is 0.0895. The minimum atomic E-state index is -0.208. The molecule has 0 radical (unpaired) electrons. The Morgan fingerprint density at radius 3 is 3.17 bits per heavy atom. The molecule has 124 valence electrons. The van der Waals surface area contributed by atoms with Crippen LogP contribution in [0.3, 0.4) is 0 Å². The average molecular weight is 338 g/mol. The Labute approximate surface area is 139 Å². The van der Waals surface area contributed by atoms with Crippen molar-refractivity contribution < 1.29 is 9.53 Å². The van der Waals surface area contributed by atoms with Gasteiger partial charge in [-0.15, -0.1) is 0 Å². The quantitative estimate of drug-likeness (QED) is 0.842. The number of hydrogen-bond acceptors (Lipinski definition) is 4. The van der Waals surface area contributed by atoms with E-state index in [9.17, 15) is 4.79 Å². The van der Waals surface area contributed by atoms with E-state index < -0.39 is 0 Å². The third-order valence-electron chi connectivity index (χ3n) is 4.03. The Hall–Kier alpha value is -1.86. The second-order valence-electron chi connectivity index (χ2n) is 5.88. The van der Waals surface area contributed by atoms with Crippen molar-refractivity contribution in [1.29, 1.82) is 0 Å². The number of carbonyl (C=O) groups excluding carboxylic acids is 1. The van der Waals surface area contributed by atoms with E-state index in [0.717, 1.165) is 12.0 Å². The molecule has 2 N–H and O–H groups in total. The highest BCUT2D eigenvalue weighted by molar-refractivity contribution is 6.33. The number of carbonyl (C=O) groups is 1. The highest BCUT2D eigenvalue weighted by Crippen LogP contribution is 2.39. The third kappa shape index (κ3) is 3.56. The van der Waals surface area contributed by atoms with Crippen LogP contribution >= 0.6 is 11.6 Å². The zero-order valence-electron chi connectivity index (χ0n) is 13.2. The van der Waals surface area contributed by atoms with Gasteiger partial charge in [0.05, 0.1) is 17.8 Å². The van der Waals surface area contributed by atoms with Crippen molar-refractivity contribution in [3.63, 3.8) is 0 Å². The molecule has 7 nitrogen and oxygen atoms in total. The molecular weight excluding hydrogens is 318 g/mol. The van der Waals surface area contributed by atoms with E-state index in [4.69, 9.17) is 16.3 Å². The molecule has 1 fully saturated rings. The number of ether oxygens (including phenoxy) is 1. The van der Waals surface area contributed by atoms with E-state index >= 15 is 0 Å². The number of aromatic nitrogens is 3. The largest absolute Gasteiger partial charge is 0.373 e. The number of nitrogens with zero attached hydrogens (tertiary/aromatic N) is 3. The summed E-state index contributed by atoms with van der Waals surface area (Å²) in [6, 6.07) is -0.0821. The fourth-order valence-electron chi connectivity index (χ4n) is 2.58. The van der Waals surface area contributed by atoms with Crippen molar-refractivity contribution in [3.05, 3.63) is 29.2 Å². The molecule has 3 rings (SSSR count). The maximum atomic E-state index is 11.9. The third-order valence-corrected chi connectivity index (χ3v) is 4.30. The number of amides is 2. The minimum Gasteiger partial charge on any atom is -0.373 e. The maximum absolute atomic E-state index is 11.9. The summed E-state index contributed by atoms with van der Waals surface area (Å²) in [7, 11) is 0. The molecule has 0 unspecified atom stereocenters. The molecule has 1 aliphatic rings. The van der Waals surface area contributed by atoms with Gasteiger partial charge in [-0.05, 0) is 25.8 Å². The monoisotopic (exact) mass is 337 g/mol. The lowest BCUT2D eigenvalue weighted by molar-refractivity contribution is 0.0492. The smallest absolute Gasteiger partial charge is 0.315 e. The predicted molar refractivity (Wildman–Crippen MR) is 86.7 cm³/mol. The van der Waals surface area contributed by atoms with Gasteiger partial charge in [-0.25, -0.2) is 14.3 Å². The summed E-state index contributed by atoms with van der Waals surface area (Å²) in [6.07, 6.45) is 6.69. The Morgan fingerprint density at radius 1 is 1.57 bits per heavy atom. The topological polar surface area (TPSA) is 80.5 Å². The number of nitrogens with one attached hydrogen (secondary N) is 2. The van der Waals surface area contributed by atoms with E-state index in [0.29, 0.717) is 30.2 Å². The summed E-state index contributed by atoms with van der Waals surface area (Å²) in [5.74, 6) is 0. The van der Waals surface area contributed by atoms with Crippen LogP contribution in [-0.2, 0) is 11.2 Å². The molecule has 2 amide bonds. The Morgan fingerprint density at radius 2 is 2.39 bits per heavy atom. The van der Waals surface area contributed by atoms with E-state index in [-0.39, 0.29) is 17.7 Å². The summed E-state index contributed by atoms with van der Waals surface area (Å²) < 4.78 is 7.23. The van der Waals surface area contributed by atoms with Crippen molar-refractivity contribution >= 4 is 23.3 Å². The highest BCUT2D eigenvalue weighted by Gasteiger charge is 2.52. The van der Waals surface area contributed by atoms with Crippen molar-refractivity contribution in [2.75, 3.05) is 13.2 Å². The molecule has 2 heterocycles. The van der Waals surface area contributed by atoms with Crippen molar-refractivity contribution in [3.8, 4) is 0 Å². The van der Waals surface area contributed by atoms with Gasteiger partial charge in [-0.3, -0.25) is 0 Å². The molecule has 1 aliphatic carbocycles. The number of urea groups is 1. The molecule has 2 aromatic heterocycles. The average Bonchev–Trinajstić information content (AvgIpc) is 2.98. The molecule has 8 heteroatoms. The molecule has 0 aromatic carbocycles. The van der Waals surface area contributed by atoms with Crippen LogP contribution in [0.25, 0.3) is 5.65 Å². The molecule has 2 aromatic rings. The maximum Gasteiger partial charge on any atom is 0.315 e. The predicted octanol–water partition coefficient (Wildman–Crippen LogP) is 1.79. The lowest BCUT2D eigenvalue weighted by Crippen LogP contribution is -2.40. The van der Waals surface area contributed by atoms with Gasteiger partial charge >= 0.3 is 6.03 Å². The van der Waals surface area contributed by atoms with Crippen LogP contribution < -0.4 is 10.6 Å². The first-order valence-corrected chi connectivity index (χ1v) is 8.06. The van der Waals surface area contributed by atoms with Gasteiger partial charge in [0.1, 0.15) is 5.02 Å². The van der Waals surface area contributed by atoms with Gasteiger partial charge < -0.3 is 15.4 Å². The molecule has 1 saturated carbocycles. The highest BCUT2D eigenvalue weighted by atomic mass is 35.5. The van der Waals surface area contributed by atoms with Gasteiger partial charge in [0.15, 0.2) is 5.65 Å². The summed E-state index contributed by atoms with van der Waals surface area (Å²) in [5.41, 5.74) is 1.40. The Kier molecular flexibility index (Phi) is 4.41. The fraction of sp³-hybridized carbons (Fsp3) is 0.533. The van der Waals surface area contributed by atoms with E-state index in [1.165, 1.54) is 0 Å². The molecule has 0 bridgehead atoms. The first-order valence-electron chi connectivity index (χ1n) is 7.68. The summed E-state index contributed by atoms with van der Waals surface area (Å²) in [4.78, 5) is 16.1. The second kappa shape index (κ2) is 6.33. The number of rotatable bonds is 6. The number of hydrogen-bond donors (Lipinski definition) is 2. The summed E-state index contributed by atoms with van der Waals surface area (Å²) in [5, 5.41) is 10.4. The normalized spacial score (nSPS) is 23.0. The van der Waals surface area contributed by atoms with Crippen LogP contribution in [0.15, 0.2) is 18.6 Å². The molecule has 23 heavy (non-hydrogen) atoms. The van der Waals surface area contributed by atoms with Crippen LogP contribution in [0, 0.1) is 0 Å². The molecular formula is C15H20ClN5O2. The lowest BCUT2D eigenvalue weighted by atomic mass is 10.2. The van der Waals surface area contributed by atoms with E-state index in [1.807, 2.05) is 20.0 Å². The van der Waals surface area contributed by atoms with Crippen LogP contribution in [0.4, 0.5) is 4.79 Å². The Bertz CT molecular complexity index is 719. The molecule has 2 atom stereocenters. The lowest BCUT2D eigenvalue weighted by Gasteiger charge is -2.12. The summed E-state index contributed by atoms with van der Waals surface area (Å²) >= 11 is 5.95. The van der Waals surface area contributed by atoms with E-state index in [1.54, 1.807) is 16.9 Å². The van der Waals surface area contributed by atoms with Crippen LogP contribution in [0.2, 0.25) is 5.02 Å². The van der Waals surface area contributed by atoms with Gasteiger partial charge in [-0.1, -0.05) is 11.6 Å². The zero-order chi connectivity index (χ0) is 16.4.